The Bertz CT molecular complexity index is 516. The van der Waals surface area contributed by atoms with Crippen LogP contribution in [0, 0.1) is 6.92 Å². The summed E-state index contributed by atoms with van der Waals surface area (Å²) in [5.41, 5.74) is 3.72. The van der Waals surface area contributed by atoms with Crippen LogP contribution in [0.1, 0.15) is 16.8 Å². The fourth-order valence-corrected chi connectivity index (χ4v) is 2.32. The van der Waals surface area contributed by atoms with Gasteiger partial charge in [0.1, 0.15) is 0 Å². The third-order valence-corrected chi connectivity index (χ3v) is 3.45. The van der Waals surface area contributed by atoms with Gasteiger partial charge < -0.3 is 0 Å². The molecule has 1 heterocycles. The molecular formula is C14H18BrN3. The number of hydrogen-bond donors (Lipinski definition) is 0. The lowest BCUT2D eigenvalue weighted by molar-refractivity contribution is 0.318. The Labute approximate surface area is 117 Å². The molecule has 0 spiro atoms. The molecule has 0 bridgehead atoms. The van der Waals surface area contributed by atoms with Crippen LogP contribution in [0.25, 0.3) is 0 Å². The van der Waals surface area contributed by atoms with Gasteiger partial charge in [0.2, 0.25) is 0 Å². The first-order chi connectivity index (χ1) is 8.54. The number of benzene rings is 1. The molecule has 0 aliphatic carbocycles. The highest BCUT2D eigenvalue weighted by molar-refractivity contribution is 9.10. The van der Waals surface area contributed by atoms with Crippen LogP contribution in [0.4, 0.5) is 0 Å². The van der Waals surface area contributed by atoms with Gasteiger partial charge in [0.25, 0.3) is 0 Å². The zero-order valence-electron chi connectivity index (χ0n) is 11.0. The van der Waals surface area contributed by atoms with Gasteiger partial charge in [-0.1, -0.05) is 28.1 Å². The van der Waals surface area contributed by atoms with Crippen LogP contribution in [0.3, 0.4) is 0 Å². The molecule has 0 fully saturated rings. The smallest absolute Gasteiger partial charge is 0.0638 e. The molecule has 0 N–H and O–H groups in total. The predicted octanol–water partition coefficient (Wildman–Crippen LogP) is 3.12. The minimum Gasteiger partial charge on any atom is -0.298 e. The van der Waals surface area contributed by atoms with Gasteiger partial charge in [-0.25, -0.2) is 0 Å². The van der Waals surface area contributed by atoms with Crippen molar-refractivity contribution >= 4 is 15.9 Å². The third kappa shape index (κ3) is 3.43. The summed E-state index contributed by atoms with van der Waals surface area (Å²) in [5, 5.41) is 4.37. The molecule has 96 valence electrons. The highest BCUT2D eigenvalue weighted by atomic mass is 79.9. The molecule has 0 aliphatic rings. The van der Waals surface area contributed by atoms with Crippen molar-refractivity contribution in [2.45, 2.75) is 20.0 Å². The number of halogens is 1. The standard InChI is InChI=1S/C14H18BrN3/c1-11-13(10-18(3)16-11)9-17(2)8-12-4-6-14(15)7-5-12/h4-7,10H,8-9H2,1-3H3. The molecule has 0 radical (unpaired) electrons. The van der Waals surface area contributed by atoms with E-state index in [0.717, 1.165) is 23.3 Å². The summed E-state index contributed by atoms with van der Waals surface area (Å²) in [5.74, 6) is 0. The van der Waals surface area contributed by atoms with Crippen LogP contribution in [0.15, 0.2) is 34.9 Å². The Morgan fingerprint density at radius 2 is 1.89 bits per heavy atom. The van der Waals surface area contributed by atoms with Crippen LogP contribution < -0.4 is 0 Å². The van der Waals surface area contributed by atoms with Crippen molar-refractivity contribution in [3.05, 3.63) is 51.8 Å². The van der Waals surface area contributed by atoms with Crippen molar-refractivity contribution in [2.75, 3.05) is 7.05 Å². The lowest BCUT2D eigenvalue weighted by Crippen LogP contribution is -2.17. The van der Waals surface area contributed by atoms with Gasteiger partial charge >= 0.3 is 0 Å². The second kappa shape index (κ2) is 5.67. The van der Waals surface area contributed by atoms with Crippen molar-refractivity contribution < 1.29 is 0 Å². The number of rotatable bonds is 4. The topological polar surface area (TPSA) is 21.1 Å². The average molecular weight is 308 g/mol. The molecule has 3 nitrogen and oxygen atoms in total. The maximum atomic E-state index is 4.37. The summed E-state index contributed by atoms with van der Waals surface area (Å²) in [4.78, 5) is 2.30. The normalized spacial score (nSPS) is 11.2. The molecule has 2 rings (SSSR count). The fourth-order valence-electron chi connectivity index (χ4n) is 2.05. The van der Waals surface area contributed by atoms with Crippen LogP contribution >= 0.6 is 15.9 Å². The summed E-state index contributed by atoms with van der Waals surface area (Å²) in [6.07, 6.45) is 2.09. The van der Waals surface area contributed by atoms with Crippen LogP contribution in [0.2, 0.25) is 0 Å². The maximum Gasteiger partial charge on any atom is 0.0638 e. The van der Waals surface area contributed by atoms with Crippen molar-refractivity contribution in [3.8, 4) is 0 Å². The lowest BCUT2D eigenvalue weighted by atomic mass is 10.2. The first-order valence-electron chi connectivity index (χ1n) is 5.96. The van der Waals surface area contributed by atoms with Gasteiger partial charge in [-0.05, 0) is 31.7 Å². The number of hydrogen-bond acceptors (Lipinski definition) is 2. The van der Waals surface area contributed by atoms with Crippen LogP contribution in [0.5, 0.6) is 0 Å². The SMILES string of the molecule is Cc1nn(C)cc1CN(C)Cc1ccc(Br)cc1. The van der Waals surface area contributed by atoms with E-state index < -0.39 is 0 Å². The lowest BCUT2D eigenvalue weighted by Gasteiger charge is -2.16. The van der Waals surface area contributed by atoms with E-state index in [1.165, 1.54) is 11.1 Å². The van der Waals surface area contributed by atoms with E-state index in [1.807, 2.05) is 11.7 Å². The molecule has 1 aromatic heterocycles. The molecular weight excluding hydrogens is 290 g/mol. The van der Waals surface area contributed by atoms with Crippen molar-refractivity contribution in [1.82, 2.24) is 14.7 Å². The van der Waals surface area contributed by atoms with Gasteiger partial charge in [0.15, 0.2) is 0 Å². The molecule has 0 aliphatic heterocycles. The van der Waals surface area contributed by atoms with Crippen LogP contribution in [-0.2, 0) is 20.1 Å². The summed E-state index contributed by atoms with van der Waals surface area (Å²) in [7, 11) is 4.10. The molecule has 0 saturated heterocycles. The Morgan fingerprint density at radius 1 is 1.22 bits per heavy atom. The maximum absolute atomic E-state index is 4.37. The van der Waals surface area contributed by atoms with Gasteiger partial charge in [0, 0.05) is 36.4 Å². The van der Waals surface area contributed by atoms with Gasteiger partial charge in [-0.15, -0.1) is 0 Å². The second-order valence-corrected chi connectivity index (χ2v) is 5.63. The summed E-state index contributed by atoms with van der Waals surface area (Å²) < 4.78 is 3.00. The molecule has 0 saturated carbocycles. The molecule has 0 unspecified atom stereocenters. The van der Waals surface area contributed by atoms with E-state index in [4.69, 9.17) is 0 Å². The minimum atomic E-state index is 0.926. The molecule has 1 aromatic carbocycles. The largest absolute Gasteiger partial charge is 0.298 e. The van der Waals surface area contributed by atoms with E-state index in [1.54, 1.807) is 0 Å². The molecule has 0 amide bonds. The fraction of sp³-hybridized carbons (Fsp3) is 0.357. The van der Waals surface area contributed by atoms with E-state index in [2.05, 4.69) is 70.4 Å². The Balaban J connectivity index is 1.98. The van der Waals surface area contributed by atoms with E-state index in [9.17, 15) is 0 Å². The van der Waals surface area contributed by atoms with E-state index in [-0.39, 0.29) is 0 Å². The first-order valence-corrected chi connectivity index (χ1v) is 6.76. The third-order valence-electron chi connectivity index (χ3n) is 2.92. The highest BCUT2D eigenvalue weighted by Gasteiger charge is 2.07. The molecule has 4 heteroatoms. The zero-order chi connectivity index (χ0) is 13.1. The van der Waals surface area contributed by atoms with Crippen molar-refractivity contribution in [3.63, 3.8) is 0 Å². The monoisotopic (exact) mass is 307 g/mol. The predicted molar refractivity (Wildman–Crippen MR) is 77.3 cm³/mol. The van der Waals surface area contributed by atoms with Gasteiger partial charge in [-0.2, -0.15) is 5.10 Å². The quantitative estimate of drug-likeness (QED) is 0.865. The number of aromatic nitrogens is 2. The summed E-state index contributed by atoms with van der Waals surface area (Å²) in [6.45, 7) is 3.93. The Hall–Kier alpha value is -1.13. The zero-order valence-corrected chi connectivity index (χ0v) is 12.6. The minimum absolute atomic E-state index is 0.926. The van der Waals surface area contributed by atoms with Crippen molar-refractivity contribution in [2.24, 2.45) is 7.05 Å². The van der Waals surface area contributed by atoms with Gasteiger partial charge in [-0.3, -0.25) is 9.58 Å². The van der Waals surface area contributed by atoms with E-state index in [0.29, 0.717) is 0 Å². The van der Waals surface area contributed by atoms with Crippen LogP contribution in [-0.4, -0.2) is 21.7 Å². The van der Waals surface area contributed by atoms with E-state index >= 15 is 0 Å². The highest BCUT2D eigenvalue weighted by Crippen LogP contribution is 2.14. The number of aryl methyl sites for hydroxylation is 2. The van der Waals surface area contributed by atoms with Gasteiger partial charge in [0.05, 0.1) is 5.69 Å². The second-order valence-electron chi connectivity index (χ2n) is 4.71. The number of nitrogens with zero attached hydrogens (tertiary/aromatic N) is 3. The Kier molecular flexibility index (Phi) is 4.19. The molecule has 0 atom stereocenters. The summed E-state index contributed by atoms with van der Waals surface area (Å²) >= 11 is 3.45. The summed E-state index contributed by atoms with van der Waals surface area (Å²) in [6, 6.07) is 8.46. The first kappa shape index (κ1) is 13.3. The average Bonchev–Trinajstić information content (AvgIpc) is 2.61. The van der Waals surface area contributed by atoms with Crippen molar-refractivity contribution in [1.29, 1.82) is 0 Å². The molecule has 18 heavy (non-hydrogen) atoms. The Morgan fingerprint density at radius 3 is 2.44 bits per heavy atom. The molecule has 2 aromatic rings.